The van der Waals surface area contributed by atoms with Gasteiger partial charge in [-0.3, -0.25) is 4.79 Å². The lowest BCUT2D eigenvalue weighted by Gasteiger charge is -2.06. The van der Waals surface area contributed by atoms with E-state index in [2.05, 4.69) is 22.5 Å². The number of para-hydroxylation sites is 1. The number of amides is 1. The number of nitrogens with two attached hydrogens (primary N) is 1. The highest BCUT2D eigenvalue weighted by atomic mass is 32.1. The fourth-order valence-corrected chi connectivity index (χ4v) is 1.33. The standard InChI is InChI=1S/C13H13N3O2S2/c1-8(17)10(7-15-13(20)11(14)19)12(18)16-9-5-3-2-4-6-9/h2-7,17H,1H3,(H2,14,19)(H,16,18)/b10-8+,15-7?. The minimum atomic E-state index is -0.509. The first kappa shape index (κ1) is 15.9. The van der Waals surface area contributed by atoms with Crippen LogP contribution in [0.3, 0.4) is 0 Å². The normalized spacial score (nSPS) is 11.8. The van der Waals surface area contributed by atoms with Crippen molar-refractivity contribution in [1.82, 2.24) is 0 Å². The SMILES string of the molecule is C/C(O)=C(/C=NC(=S)C(N)=S)C(=O)Nc1ccccc1. The van der Waals surface area contributed by atoms with Crippen LogP contribution in [0.4, 0.5) is 5.69 Å². The number of benzene rings is 1. The van der Waals surface area contributed by atoms with Crippen LogP contribution >= 0.6 is 24.4 Å². The van der Waals surface area contributed by atoms with Crippen molar-refractivity contribution < 1.29 is 9.90 Å². The Labute approximate surface area is 127 Å². The Morgan fingerprint density at radius 3 is 2.45 bits per heavy atom. The summed E-state index contributed by atoms with van der Waals surface area (Å²) in [6, 6.07) is 8.82. The Morgan fingerprint density at radius 1 is 1.35 bits per heavy atom. The molecule has 1 amide bonds. The molecule has 0 bridgehead atoms. The Balaban J connectivity index is 2.88. The fraction of sp³-hybridized carbons (Fsp3) is 0.0769. The summed E-state index contributed by atoms with van der Waals surface area (Å²) < 4.78 is 0. The number of nitrogens with zero attached hydrogens (tertiary/aromatic N) is 1. The average Bonchev–Trinajstić information content (AvgIpc) is 2.39. The smallest absolute Gasteiger partial charge is 0.260 e. The molecule has 5 nitrogen and oxygen atoms in total. The minimum absolute atomic E-state index is 0.00809. The number of hydrogen-bond acceptors (Lipinski definition) is 4. The van der Waals surface area contributed by atoms with Gasteiger partial charge in [0, 0.05) is 11.9 Å². The number of carbonyl (C=O) groups excluding carboxylic acids is 1. The first-order chi connectivity index (χ1) is 9.41. The highest BCUT2D eigenvalue weighted by Gasteiger charge is 2.11. The monoisotopic (exact) mass is 307 g/mol. The zero-order valence-electron chi connectivity index (χ0n) is 10.7. The van der Waals surface area contributed by atoms with Gasteiger partial charge >= 0.3 is 0 Å². The minimum Gasteiger partial charge on any atom is -0.512 e. The lowest BCUT2D eigenvalue weighted by Crippen LogP contribution is -2.20. The molecule has 4 N–H and O–H groups in total. The Kier molecular flexibility index (Phi) is 5.95. The van der Waals surface area contributed by atoms with E-state index in [-0.39, 0.29) is 21.3 Å². The molecular weight excluding hydrogens is 294 g/mol. The Morgan fingerprint density at radius 2 is 1.95 bits per heavy atom. The zero-order chi connectivity index (χ0) is 15.1. The molecule has 1 rings (SSSR count). The van der Waals surface area contributed by atoms with Crippen LogP contribution in [0.5, 0.6) is 0 Å². The van der Waals surface area contributed by atoms with E-state index in [1.54, 1.807) is 24.3 Å². The summed E-state index contributed by atoms with van der Waals surface area (Å²) in [5, 5.41) is 12.2. The van der Waals surface area contributed by atoms with E-state index in [9.17, 15) is 9.90 Å². The quantitative estimate of drug-likeness (QED) is 0.345. The predicted octanol–water partition coefficient (Wildman–Crippen LogP) is 2.14. The Hall–Kier alpha value is -2.12. The number of rotatable bonds is 3. The first-order valence-electron chi connectivity index (χ1n) is 5.56. The van der Waals surface area contributed by atoms with Gasteiger partial charge in [0.25, 0.3) is 5.91 Å². The number of carbonyl (C=O) groups is 1. The molecular formula is C13H13N3O2S2. The number of allylic oxidation sites excluding steroid dienone is 1. The summed E-state index contributed by atoms with van der Waals surface area (Å²) in [4.78, 5) is 15.7. The van der Waals surface area contributed by atoms with Crippen molar-refractivity contribution in [3.05, 3.63) is 41.7 Å². The van der Waals surface area contributed by atoms with Crippen LogP contribution in [0.15, 0.2) is 46.7 Å². The summed E-state index contributed by atoms with van der Waals surface area (Å²) in [6.07, 6.45) is 1.13. The summed E-state index contributed by atoms with van der Waals surface area (Å²) >= 11 is 9.45. The van der Waals surface area contributed by atoms with Gasteiger partial charge in [-0.15, -0.1) is 0 Å². The van der Waals surface area contributed by atoms with Gasteiger partial charge in [0.2, 0.25) is 0 Å². The van der Waals surface area contributed by atoms with Crippen molar-refractivity contribution in [1.29, 1.82) is 0 Å². The van der Waals surface area contributed by atoms with Gasteiger partial charge < -0.3 is 16.2 Å². The van der Waals surface area contributed by atoms with Crippen LogP contribution in [-0.4, -0.2) is 27.2 Å². The highest BCUT2D eigenvalue weighted by Crippen LogP contribution is 2.08. The van der Waals surface area contributed by atoms with E-state index in [1.807, 2.05) is 6.07 Å². The molecule has 1 aromatic rings. The van der Waals surface area contributed by atoms with Crippen LogP contribution in [0, 0.1) is 0 Å². The maximum absolute atomic E-state index is 12.0. The maximum atomic E-state index is 12.0. The molecule has 0 atom stereocenters. The number of anilines is 1. The predicted molar refractivity (Wildman–Crippen MR) is 88.3 cm³/mol. The molecule has 0 fully saturated rings. The van der Waals surface area contributed by atoms with E-state index in [0.717, 1.165) is 6.21 Å². The third-order valence-electron chi connectivity index (χ3n) is 2.19. The van der Waals surface area contributed by atoms with E-state index in [1.165, 1.54) is 6.92 Å². The molecule has 0 unspecified atom stereocenters. The number of hydrogen-bond donors (Lipinski definition) is 3. The van der Waals surface area contributed by atoms with Crippen LogP contribution in [-0.2, 0) is 4.79 Å². The molecule has 0 aliphatic carbocycles. The molecule has 0 aliphatic heterocycles. The second kappa shape index (κ2) is 7.46. The summed E-state index contributed by atoms with van der Waals surface area (Å²) in [5.74, 6) is -0.696. The molecule has 0 aromatic heterocycles. The lowest BCUT2D eigenvalue weighted by atomic mass is 10.2. The van der Waals surface area contributed by atoms with Crippen LogP contribution < -0.4 is 11.1 Å². The van der Waals surface area contributed by atoms with E-state index in [4.69, 9.17) is 18.0 Å². The molecule has 7 heteroatoms. The maximum Gasteiger partial charge on any atom is 0.260 e. The van der Waals surface area contributed by atoms with Gasteiger partial charge in [0.05, 0.1) is 5.57 Å². The molecule has 0 heterocycles. The van der Waals surface area contributed by atoms with Gasteiger partial charge in [-0.05, 0) is 19.1 Å². The van der Waals surface area contributed by atoms with Crippen LogP contribution in [0.1, 0.15) is 6.92 Å². The summed E-state index contributed by atoms with van der Waals surface area (Å²) in [7, 11) is 0. The molecule has 0 saturated carbocycles. The third-order valence-corrected chi connectivity index (χ3v) is 2.84. The van der Waals surface area contributed by atoms with E-state index < -0.39 is 5.91 Å². The molecule has 104 valence electrons. The topological polar surface area (TPSA) is 87.7 Å². The average molecular weight is 307 g/mol. The van der Waals surface area contributed by atoms with Gasteiger partial charge in [0.15, 0.2) is 4.99 Å². The van der Waals surface area contributed by atoms with Crippen molar-refractivity contribution >= 4 is 52.2 Å². The van der Waals surface area contributed by atoms with Crippen LogP contribution in [0.2, 0.25) is 0 Å². The fourth-order valence-electron chi connectivity index (χ4n) is 1.22. The first-order valence-corrected chi connectivity index (χ1v) is 6.37. The summed E-state index contributed by atoms with van der Waals surface area (Å²) in [6.45, 7) is 1.37. The number of aliphatic hydroxyl groups excluding tert-OH is 1. The third kappa shape index (κ3) is 4.87. The van der Waals surface area contributed by atoms with Crippen molar-refractivity contribution in [3.8, 4) is 0 Å². The number of aliphatic imine (C=N–C) groups is 1. The number of thiocarbonyl (C=S) groups is 2. The van der Waals surface area contributed by atoms with Gasteiger partial charge in [-0.1, -0.05) is 42.6 Å². The van der Waals surface area contributed by atoms with Gasteiger partial charge in [-0.2, -0.15) is 0 Å². The molecule has 0 radical (unpaired) electrons. The molecule has 0 spiro atoms. The lowest BCUT2D eigenvalue weighted by molar-refractivity contribution is -0.112. The zero-order valence-corrected chi connectivity index (χ0v) is 12.3. The number of aliphatic hydroxyl groups is 1. The van der Waals surface area contributed by atoms with Crippen molar-refractivity contribution in [2.24, 2.45) is 10.7 Å². The van der Waals surface area contributed by atoms with Crippen molar-refractivity contribution in [2.45, 2.75) is 6.92 Å². The van der Waals surface area contributed by atoms with Crippen LogP contribution in [0.25, 0.3) is 0 Å². The van der Waals surface area contributed by atoms with E-state index in [0.29, 0.717) is 5.69 Å². The molecule has 20 heavy (non-hydrogen) atoms. The largest absolute Gasteiger partial charge is 0.512 e. The number of nitrogens with one attached hydrogen (secondary N) is 1. The second-order valence-corrected chi connectivity index (χ2v) is 4.57. The highest BCUT2D eigenvalue weighted by molar-refractivity contribution is 7.89. The molecule has 0 saturated heterocycles. The molecule has 0 aliphatic rings. The van der Waals surface area contributed by atoms with E-state index >= 15 is 0 Å². The van der Waals surface area contributed by atoms with Gasteiger partial charge in [-0.25, -0.2) is 4.99 Å². The molecule has 1 aromatic carbocycles. The van der Waals surface area contributed by atoms with Crippen molar-refractivity contribution in [2.75, 3.05) is 5.32 Å². The Bertz CT molecular complexity index is 591. The van der Waals surface area contributed by atoms with Crippen molar-refractivity contribution in [3.63, 3.8) is 0 Å². The second-order valence-electron chi connectivity index (χ2n) is 3.75. The summed E-state index contributed by atoms with van der Waals surface area (Å²) in [5.41, 5.74) is 5.87. The van der Waals surface area contributed by atoms with Gasteiger partial charge in [0.1, 0.15) is 10.7 Å².